The van der Waals surface area contributed by atoms with E-state index < -0.39 is 6.04 Å². The maximum atomic E-state index is 13.8. The van der Waals surface area contributed by atoms with Gasteiger partial charge in [0, 0.05) is 10.0 Å². The molecule has 2 rings (SSSR count). The van der Waals surface area contributed by atoms with Crippen LogP contribution >= 0.6 is 15.9 Å². The molecule has 1 atom stereocenters. The Morgan fingerprint density at radius 2 is 1.95 bits per heavy atom. The molecule has 0 amide bonds. The zero-order chi connectivity index (χ0) is 13.7. The third-order valence-electron chi connectivity index (χ3n) is 2.69. The smallest absolute Gasteiger partial charge is 0.128 e. The van der Waals surface area contributed by atoms with Crippen molar-refractivity contribution < 1.29 is 9.13 Å². The zero-order valence-electron chi connectivity index (χ0n) is 10.1. The Hall–Kier alpha value is -1.43. The number of nitrogens with two attached hydrogens (primary N) is 1. The van der Waals surface area contributed by atoms with E-state index in [0.29, 0.717) is 5.56 Å². The van der Waals surface area contributed by atoms with Gasteiger partial charge in [0.05, 0.1) is 6.04 Å². The van der Waals surface area contributed by atoms with E-state index in [1.165, 1.54) is 6.07 Å². The van der Waals surface area contributed by atoms with Crippen molar-refractivity contribution in [1.29, 1.82) is 0 Å². The first-order valence-electron chi connectivity index (χ1n) is 5.79. The van der Waals surface area contributed by atoms with Gasteiger partial charge < -0.3 is 4.74 Å². The topological polar surface area (TPSA) is 47.3 Å². The molecule has 3 N–H and O–H groups in total. The first-order valence-corrected chi connectivity index (χ1v) is 6.59. The lowest BCUT2D eigenvalue weighted by atomic mass is 10.1. The molecule has 0 bridgehead atoms. The minimum absolute atomic E-state index is 0.244. The molecule has 0 heterocycles. The number of rotatable bonds is 5. The molecule has 0 aliphatic heterocycles. The van der Waals surface area contributed by atoms with Crippen LogP contribution in [0.15, 0.2) is 53.0 Å². The summed E-state index contributed by atoms with van der Waals surface area (Å²) in [5.41, 5.74) is 3.04. The molecule has 2 aromatic rings. The Labute approximate surface area is 119 Å². The number of hydrazine groups is 1. The van der Waals surface area contributed by atoms with Gasteiger partial charge in [-0.2, -0.15) is 0 Å². The van der Waals surface area contributed by atoms with E-state index in [9.17, 15) is 4.39 Å². The number of para-hydroxylation sites is 1. The van der Waals surface area contributed by atoms with Crippen LogP contribution in [-0.4, -0.2) is 6.61 Å². The Bertz CT molecular complexity index is 536. The van der Waals surface area contributed by atoms with E-state index in [2.05, 4.69) is 21.4 Å². The van der Waals surface area contributed by atoms with Crippen LogP contribution in [0.25, 0.3) is 0 Å². The van der Waals surface area contributed by atoms with E-state index in [4.69, 9.17) is 10.6 Å². The number of benzene rings is 2. The molecular weight excluding hydrogens is 311 g/mol. The van der Waals surface area contributed by atoms with Crippen LogP contribution in [0.4, 0.5) is 4.39 Å². The van der Waals surface area contributed by atoms with Crippen LogP contribution < -0.4 is 16.0 Å². The van der Waals surface area contributed by atoms with Crippen LogP contribution in [0.2, 0.25) is 0 Å². The summed E-state index contributed by atoms with van der Waals surface area (Å²) in [6.07, 6.45) is 0. The fourth-order valence-corrected chi connectivity index (χ4v) is 2.08. The van der Waals surface area contributed by atoms with Crippen molar-refractivity contribution in [2.75, 3.05) is 6.61 Å². The second kappa shape index (κ2) is 6.65. The van der Waals surface area contributed by atoms with Crippen molar-refractivity contribution in [3.8, 4) is 5.75 Å². The van der Waals surface area contributed by atoms with Gasteiger partial charge >= 0.3 is 0 Å². The van der Waals surface area contributed by atoms with Gasteiger partial charge in [0.1, 0.15) is 18.2 Å². The molecule has 0 radical (unpaired) electrons. The van der Waals surface area contributed by atoms with Crippen LogP contribution in [0.1, 0.15) is 11.6 Å². The first-order chi connectivity index (χ1) is 9.20. The van der Waals surface area contributed by atoms with Crippen LogP contribution in [0.3, 0.4) is 0 Å². The molecule has 3 nitrogen and oxygen atoms in total. The summed E-state index contributed by atoms with van der Waals surface area (Å²) >= 11 is 3.31. The van der Waals surface area contributed by atoms with Crippen molar-refractivity contribution in [3.05, 3.63) is 64.4 Å². The molecule has 0 saturated carbocycles. The molecule has 0 aliphatic rings. The summed E-state index contributed by atoms with van der Waals surface area (Å²) < 4.78 is 20.1. The minimum atomic E-state index is -0.419. The fraction of sp³-hybridized carbons (Fsp3) is 0.143. The maximum Gasteiger partial charge on any atom is 0.128 e. The Morgan fingerprint density at radius 1 is 1.21 bits per heavy atom. The first kappa shape index (κ1) is 14.0. The standard InChI is InChI=1S/C14H14BrFN2O/c15-10-6-7-13(16)12(8-10)14(18-17)9-19-11-4-2-1-3-5-11/h1-8,14,18H,9,17H2. The number of ether oxygens (including phenoxy) is 1. The molecule has 0 spiro atoms. The summed E-state index contributed by atoms with van der Waals surface area (Å²) in [5, 5.41) is 0. The Morgan fingerprint density at radius 3 is 2.63 bits per heavy atom. The third-order valence-corrected chi connectivity index (χ3v) is 3.19. The summed E-state index contributed by atoms with van der Waals surface area (Å²) in [6.45, 7) is 0.244. The van der Waals surface area contributed by atoms with Crippen LogP contribution in [-0.2, 0) is 0 Å². The van der Waals surface area contributed by atoms with Crippen molar-refractivity contribution >= 4 is 15.9 Å². The van der Waals surface area contributed by atoms with Crippen molar-refractivity contribution in [1.82, 2.24) is 5.43 Å². The highest BCUT2D eigenvalue weighted by molar-refractivity contribution is 9.10. The van der Waals surface area contributed by atoms with Gasteiger partial charge in [-0.25, -0.2) is 9.82 Å². The van der Waals surface area contributed by atoms with Crippen LogP contribution in [0, 0.1) is 5.82 Å². The van der Waals surface area contributed by atoms with E-state index in [0.717, 1.165) is 10.2 Å². The van der Waals surface area contributed by atoms with Gasteiger partial charge in [-0.3, -0.25) is 5.84 Å². The zero-order valence-corrected chi connectivity index (χ0v) is 11.7. The summed E-state index contributed by atoms with van der Waals surface area (Å²) in [6, 6.07) is 13.6. The Balaban J connectivity index is 2.10. The van der Waals surface area contributed by atoms with E-state index in [-0.39, 0.29) is 12.4 Å². The second-order valence-corrected chi connectivity index (χ2v) is 4.92. The molecular formula is C14H14BrFN2O. The monoisotopic (exact) mass is 324 g/mol. The molecule has 19 heavy (non-hydrogen) atoms. The van der Waals surface area contributed by atoms with Gasteiger partial charge in [-0.15, -0.1) is 0 Å². The predicted molar refractivity (Wildman–Crippen MR) is 76.1 cm³/mol. The number of hydrogen-bond donors (Lipinski definition) is 2. The largest absolute Gasteiger partial charge is 0.492 e. The lowest BCUT2D eigenvalue weighted by Crippen LogP contribution is -2.33. The highest BCUT2D eigenvalue weighted by Crippen LogP contribution is 2.22. The van der Waals surface area contributed by atoms with E-state index in [1.54, 1.807) is 12.1 Å². The highest BCUT2D eigenvalue weighted by atomic mass is 79.9. The quantitative estimate of drug-likeness (QED) is 0.656. The predicted octanol–water partition coefficient (Wildman–Crippen LogP) is 3.17. The normalized spacial score (nSPS) is 12.2. The highest BCUT2D eigenvalue weighted by Gasteiger charge is 2.15. The van der Waals surface area contributed by atoms with Gasteiger partial charge in [-0.1, -0.05) is 34.1 Å². The number of halogens is 2. The van der Waals surface area contributed by atoms with Crippen molar-refractivity contribution in [2.45, 2.75) is 6.04 Å². The maximum absolute atomic E-state index is 13.8. The molecule has 1 unspecified atom stereocenters. The molecule has 2 aromatic carbocycles. The number of hydrogen-bond acceptors (Lipinski definition) is 3. The average Bonchev–Trinajstić information content (AvgIpc) is 2.44. The molecule has 100 valence electrons. The van der Waals surface area contributed by atoms with Gasteiger partial charge in [0.15, 0.2) is 0 Å². The summed E-state index contributed by atoms with van der Waals surface area (Å²) in [4.78, 5) is 0. The summed E-state index contributed by atoms with van der Waals surface area (Å²) in [7, 11) is 0. The fourth-order valence-electron chi connectivity index (χ4n) is 1.71. The molecule has 0 aromatic heterocycles. The van der Waals surface area contributed by atoms with E-state index >= 15 is 0 Å². The Kier molecular flexibility index (Phi) is 4.90. The van der Waals surface area contributed by atoms with Gasteiger partial charge in [-0.05, 0) is 30.3 Å². The van der Waals surface area contributed by atoms with Gasteiger partial charge in [0.2, 0.25) is 0 Å². The molecule has 0 aliphatic carbocycles. The molecule has 0 saturated heterocycles. The molecule has 0 fully saturated rings. The van der Waals surface area contributed by atoms with Crippen LogP contribution in [0.5, 0.6) is 5.75 Å². The summed E-state index contributed by atoms with van der Waals surface area (Å²) in [5.74, 6) is 5.88. The van der Waals surface area contributed by atoms with Gasteiger partial charge in [0.25, 0.3) is 0 Å². The lowest BCUT2D eigenvalue weighted by molar-refractivity contribution is 0.264. The van der Waals surface area contributed by atoms with Crippen molar-refractivity contribution in [3.63, 3.8) is 0 Å². The second-order valence-electron chi connectivity index (χ2n) is 4.01. The molecule has 5 heteroatoms. The number of nitrogens with one attached hydrogen (secondary N) is 1. The average molecular weight is 325 g/mol. The lowest BCUT2D eigenvalue weighted by Gasteiger charge is -2.18. The van der Waals surface area contributed by atoms with E-state index in [1.807, 2.05) is 30.3 Å². The SMILES string of the molecule is NNC(COc1ccccc1)c1cc(Br)ccc1F. The minimum Gasteiger partial charge on any atom is -0.492 e. The van der Waals surface area contributed by atoms with Crippen molar-refractivity contribution in [2.24, 2.45) is 5.84 Å². The third kappa shape index (κ3) is 3.76.